The minimum atomic E-state index is -3.28. The van der Waals surface area contributed by atoms with Gasteiger partial charge in [0.25, 0.3) is 0 Å². The molecule has 0 N–H and O–H groups in total. The average molecular weight is 210 g/mol. The fourth-order valence-electron chi connectivity index (χ4n) is 0.414. The molecule has 10 heavy (non-hydrogen) atoms. The highest BCUT2D eigenvalue weighted by Crippen LogP contribution is 2.15. The van der Waals surface area contributed by atoms with E-state index < -0.39 is 43.5 Å². The fraction of sp³-hybridized carbons (Fsp3) is 0.375. The zero-order valence-corrected chi connectivity index (χ0v) is 6.41. The summed E-state index contributed by atoms with van der Waals surface area (Å²) >= 11 is 2.82. The lowest BCUT2D eigenvalue weighted by Crippen LogP contribution is -1.90. The van der Waals surface area contributed by atoms with Crippen LogP contribution < -0.4 is 0 Å². The van der Waals surface area contributed by atoms with Gasteiger partial charge in [-0.2, -0.15) is 0 Å². The molecule has 1 nitrogen and oxygen atoms in total. The van der Waals surface area contributed by atoms with Crippen LogP contribution in [0.5, 0.6) is 0 Å². The van der Waals surface area contributed by atoms with Crippen LogP contribution in [0.15, 0.2) is 22.7 Å². The molecule has 1 heterocycles. The van der Waals surface area contributed by atoms with Crippen LogP contribution in [0.3, 0.4) is 0 Å². The minimum absolute atomic E-state index is 0.266. The molecule has 0 saturated heterocycles. The van der Waals surface area contributed by atoms with Gasteiger partial charge in [0.2, 0.25) is 0 Å². The highest BCUT2D eigenvalue weighted by atomic mass is 79.9. The van der Waals surface area contributed by atoms with Gasteiger partial charge in [0.1, 0.15) is 0 Å². The molecule has 0 spiro atoms. The predicted molar refractivity (Wildman–Crippen MR) is 46.0 cm³/mol. The van der Waals surface area contributed by atoms with E-state index >= 15 is 0 Å². The van der Waals surface area contributed by atoms with Crippen LogP contribution >= 0.6 is 15.9 Å². The topological polar surface area (TPSA) is 12.9 Å². The lowest BCUT2D eigenvalue weighted by molar-refractivity contribution is 0.821. The van der Waals surface area contributed by atoms with Gasteiger partial charge in [0, 0.05) is 25.9 Å². The van der Waals surface area contributed by atoms with Crippen LogP contribution in [0, 0.1) is 0 Å². The number of pyridine rings is 1. The van der Waals surface area contributed by atoms with Gasteiger partial charge in [-0.3, -0.25) is 4.98 Å². The first-order valence-electron chi connectivity index (χ1n) is 7.39. The smallest absolute Gasteiger partial charge is 0.0840 e. The Morgan fingerprint density at radius 3 is 3.40 bits per heavy atom. The Kier molecular flexibility index (Phi) is 0.586. The summed E-state index contributed by atoms with van der Waals surface area (Å²) < 4.78 is 74.1. The van der Waals surface area contributed by atoms with Crippen molar-refractivity contribution in [3.8, 4) is 0 Å². The van der Waals surface area contributed by atoms with Gasteiger partial charge in [-0.1, -0.05) is 29.6 Å². The Morgan fingerprint density at radius 2 is 2.70 bits per heavy atom. The van der Waals surface area contributed by atoms with E-state index in [-0.39, 0.29) is 4.47 Å². The zero-order chi connectivity index (χ0) is 16.1. The summed E-state index contributed by atoms with van der Waals surface area (Å²) in [5, 5.41) is 0. The molecule has 0 radical (unpaired) electrons. The molecule has 0 aliphatic carbocycles. The maximum atomic E-state index is 7.90. The number of halogens is 1. The van der Waals surface area contributed by atoms with Crippen molar-refractivity contribution in [1.82, 2.24) is 4.98 Å². The van der Waals surface area contributed by atoms with E-state index in [2.05, 4.69) is 20.9 Å². The standard InChI is InChI=1S/C8H10BrN/c1-6(2)8-5-7(9)3-4-10-8/h3-6H,1-2H3/i1D3,2D3,3D,4D,5D,6D. The van der Waals surface area contributed by atoms with E-state index in [1.54, 1.807) is 0 Å². The molecule has 0 aliphatic heterocycles. The highest BCUT2D eigenvalue weighted by Gasteiger charge is 1.98. The maximum Gasteiger partial charge on any atom is 0.0840 e. The maximum absolute atomic E-state index is 7.90. The Labute approximate surface area is 83.7 Å². The molecule has 0 unspecified atom stereocenters. The summed E-state index contributed by atoms with van der Waals surface area (Å²) in [6, 6.07) is -1.16. The highest BCUT2D eigenvalue weighted by molar-refractivity contribution is 9.10. The number of aromatic nitrogens is 1. The summed E-state index contributed by atoms with van der Waals surface area (Å²) in [6.07, 6.45) is -0.701. The predicted octanol–water partition coefficient (Wildman–Crippen LogP) is 2.97. The normalized spacial score (nSPS) is 28.5. The summed E-state index contributed by atoms with van der Waals surface area (Å²) in [5.41, 5.74) is -0.870. The molecule has 0 aromatic carbocycles. The third kappa shape index (κ3) is 1.81. The minimum Gasteiger partial charge on any atom is -0.261 e. The van der Waals surface area contributed by atoms with Crippen molar-refractivity contribution in [2.75, 3.05) is 0 Å². The molecule has 0 amide bonds. The van der Waals surface area contributed by atoms with Crippen molar-refractivity contribution >= 4 is 15.9 Å². The molecule has 1 rings (SSSR count). The molecule has 0 aliphatic rings. The van der Waals surface area contributed by atoms with Crippen LogP contribution in [0.4, 0.5) is 0 Å². The number of nitrogens with zero attached hydrogens (tertiary/aromatic N) is 1. The molecular formula is C8H10BrN. The van der Waals surface area contributed by atoms with E-state index in [0.29, 0.717) is 0 Å². The van der Waals surface area contributed by atoms with E-state index in [1.807, 2.05) is 0 Å². The van der Waals surface area contributed by atoms with Gasteiger partial charge in [0.05, 0.1) is 4.11 Å². The van der Waals surface area contributed by atoms with E-state index in [4.69, 9.17) is 13.7 Å². The van der Waals surface area contributed by atoms with Crippen molar-refractivity contribution in [2.45, 2.75) is 19.6 Å². The molecule has 2 heteroatoms. The van der Waals surface area contributed by atoms with Crippen molar-refractivity contribution in [1.29, 1.82) is 0 Å². The zero-order valence-electron chi connectivity index (χ0n) is 14.8. The summed E-state index contributed by atoms with van der Waals surface area (Å²) in [6.45, 7) is -6.56. The quantitative estimate of drug-likeness (QED) is 0.694. The van der Waals surface area contributed by atoms with Crippen molar-refractivity contribution < 1.29 is 13.7 Å². The summed E-state index contributed by atoms with van der Waals surface area (Å²) in [7, 11) is 0. The van der Waals surface area contributed by atoms with Crippen LogP contribution in [-0.2, 0) is 0 Å². The van der Waals surface area contributed by atoms with Crippen LogP contribution in [0.2, 0.25) is 0 Å². The first-order valence-corrected chi connectivity index (χ1v) is 3.18. The molecule has 1 aromatic rings. The Bertz CT molecular complexity index is 520. The summed E-state index contributed by atoms with van der Waals surface area (Å²) in [5.74, 6) is -3.15. The third-order valence-corrected chi connectivity index (χ3v) is 1.19. The molecule has 0 bridgehead atoms. The molecule has 0 saturated carbocycles. The van der Waals surface area contributed by atoms with Crippen molar-refractivity contribution in [2.24, 2.45) is 0 Å². The molecule has 1 aromatic heterocycles. The SMILES string of the molecule is [2H]c1nc(C([2H])(C([2H])([2H])[2H])C([2H])([2H])[2H])c([2H])c(Br)c1[2H]. The molecule has 54 valence electrons. The van der Waals surface area contributed by atoms with Gasteiger partial charge >= 0.3 is 0 Å². The number of hydrogen-bond donors (Lipinski definition) is 0. The lowest BCUT2D eigenvalue weighted by Gasteiger charge is -2.02. The van der Waals surface area contributed by atoms with Crippen LogP contribution in [0.25, 0.3) is 0 Å². The first kappa shape index (κ1) is 1.86. The largest absolute Gasteiger partial charge is 0.261 e. The number of hydrogen-bond acceptors (Lipinski definition) is 1. The second-order valence-corrected chi connectivity index (χ2v) is 2.30. The second-order valence-electron chi connectivity index (χ2n) is 1.51. The van der Waals surface area contributed by atoms with Gasteiger partial charge in [-0.15, -0.1) is 0 Å². The first-order chi connectivity index (χ1) is 8.75. The van der Waals surface area contributed by atoms with Gasteiger partial charge in [-0.05, 0) is 18.0 Å². The van der Waals surface area contributed by atoms with Gasteiger partial charge in [-0.25, -0.2) is 0 Å². The van der Waals surface area contributed by atoms with Gasteiger partial charge < -0.3 is 0 Å². The average Bonchev–Trinajstić information content (AvgIpc) is 2.27. The number of rotatable bonds is 1. The molecular weight excluding hydrogens is 190 g/mol. The van der Waals surface area contributed by atoms with Crippen molar-refractivity contribution in [3.63, 3.8) is 0 Å². The summed E-state index contributed by atoms with van der Waals surface area (Å²) in [4.78, 5) is 3.39. The van der Waals surface area contributed by atoms with E-state index in [1.165, 1.54) is 0 Å². The molecule has 0 fully saturated rings. The van der Waals surface area contributed by atoms with E-state index in [9.17, 15) is 0 Å². The lowest BCUT2D eigenvalue weighted by atomic mass is 10.1. The van der Waals surface area contributed by atoms with Crippen LogP contribution in [-0.4, -0.2) is 4.98 Å². The Morgan fingerprint density at radius 1 is 1.90 bits per heavy atom. The third-order valence-electron chi connectivity index (χ3n) is 0.798. The van der Waals surface area contributed by atoms with E-state index in [0.717, 1.165) is 0 Å². The monoisotopic (exact) mass is 209 g/mol. The molecule has 0 atom stereocenters. The second kappa shape index (κ2) is 3.15. The Balaban J connectivity index is 3.79. The van der Waals surface area contributed by atoms with Crippen LogP contribution in [0.1, 0.15) is 39.0 Å². The Hall–Kier alpha value is -0.370. The fourth-order valence-corrected chi connectivity index (χ4v) is 0.691. The van der Waals surface area contributed by atoms with Crippen molar-refractivity contribution in [3.05, 3.63) is 28.4 Å². The van der Waals surface area contributed by atoms with Gasteiger partial charge in [0.15, 0.2) is 0 Å².